The molecule has 0 fully saturated rings. The van der Waals surface area contributed by atoms with Crippen LogP contribution in [-0.2, 0) is 12.3 Å². The van der Waals surface area contributed by atoms with Gasteiger partial charge in [-0.05, 0) is 24.1 Å². The molecule has 0 aliphatic rings. The van der Waals surface area contributed by atoms with Gasteiger partial charge in [0.25, 0.3) is 5.92 Å². The van der Waals surface area contributed by atoms with Gasteiger partial charge in [-0.15, -0.1) is 0 Å². The van der Waals surface area contributed by atoms with Gasteiger partial charge >= 0.3 is 0 Å². The predicted octanol–water partition coefficient (Wildman–Crippen LogP) is 3.50. The average Bonchev–Trinajstić information content (AvgIpc) is 2.01. The molecule has 0 bridgehead atoms. The van der Waals surface area contributed by atoms with Gasteiger partial charge in [-0.1, -0.05) is 13.0 Å². The van der Waals surface area contributed by atoms with E-state index in [0.29, 0.717) is 13.3 Å². The Morgan fingerprint density at radius 1 is 1.31 bits per heavy atom. The van der Waals surface area contributed by atoms with Gasteiger partial charge in [-0.3, -0.25) is 0 Å². The van der Waals surface area contributed by atoms with Crippen LogP contribution in [0.2, 0.25) is 0 Å². The molecule has 0 N–H and O–H groups in total. The van der Waals surface area contributed by atoms with Crippen molar-refractivity contribution < 1.29 is 13.2 Å². The number of rotatable bonds is 2. The number of hydrogen-bond donors (Lipinski definition) is 0. The molecule has 0 amide bonds. The summed E-state index contributed by atoms with van der Waals surface area (Å²) in [7, 11) is 0. The molecule has 0 heterocycles. The fraction of sp³-hybridized carbons (Fsp3) is 0.400. The minimum Gasteiger partial charge on any atom is -0.206 e. The van der Waals surface area contributed by atoms with Crippen molar-refractivity contribution in [2.45, 2.75) is 26.2 Å². The summed E-state index contributed by atoms with van der Waals surface area (Å²) in [5.41, 5.74) is 0.190. The normalized spacial score (nSPS) is 11.8. The van der Waals surface area contributed by atoms with Crippen LogP contribution in [0, 0.1) is 5.82 Å². The van der Waals surface area contributed by atoms with E-state index in [0.717, 1.165) is 17.7 Å². The molecule has 0 aromatic heterocycles. The van der Waals surface area contributed by atoms with Gasteiger partial charge in [0.05, 0.1) is 5.56 Å². The molecule has 0 aliphatic carbocycles. The molecule has 13 heavy (non-hydrogen) atoms. The fourth-order valence-corrected chi connectivity index (χ4v) is 1.13. The summed E-state index contributed by atoms with van der Waals surface area (Å²) in [6, 6.07) is 3.83. The summed E-state index contributed by atoms with van der Waals surface area (Å²) >= 11 is 0. The number of halogens is 3. The lowest BCUT2D eigenvalue weighted by Gasteiger charge is -2.11. The zero-order valence-electron chi connectivity index (χ0n) is 7.57. The monoisotopic (exact) mass is 188 g/mol. The van der Waals surface area contributed by atoms with E-state index in [2.05, 4.69) is 0 Å². The van der Waals surface area contributed by atoms with E-state index in [4.69, 9.17) is 0 Å². The molecular weight excluding hydrogens is 177 g/mol. The highest BCUT2D eigenvalue weighted by Gasteiger charge is 2.27. The fourth-order valence-electron chi connectivity index (χ4n) is 1.13. The van der Waals surface area contributed by atoms with Gasteiger partial charge in [-0.2, -0.15) is 0 Å². The molecule has 1 aromatic rings. The standard InChI is InChI=1S/C10H11F3/c1-3-7-4-5-8(9(11)6-7)10(2,12)13/h4-6H,3H2,1-2H3. The number of benzene rings is 1. The van der Waals surface area contributed by atoms with E-state index in [1.165, 1.54) is 6.07 Å². The Hall–Kier alpha value is -0.990. The summed E-state index contributed by atoms with van der Waals surface area (Å²) < 4.78 is 38.5. The highest BCUT2D eigenvalue weighted by molar-refractivity contribution is 5.27. The van der Waals surface area contributed by atoms with Gasteiger partial charge < -0.3 is 0 Å². The van der Waals surface area contributed by atoms with Crippen molar-refractivity contribution in [3.63, 3.8) is 0 Å². The Kier molecular flexibility index (Phi) is 2.64. The molecule has 0 spiro atoms. The summed E-state index contributed by atoms with van der Waals surface area (Å²) in [4.78, 5) is 0. The zero-order chi connectivity index (χ0) is 10.1. The van der Waals surface area contributed by atoms with Crippen molar-refractivity contribution >= 4 is 0 Å². The summed E-state index contributed by atoms with van der Waals surface area (Å²) in [5.74, 6) is -3.93. The first-order valence-corrected chi connectivity index (χ1v) is 4.12. The van der Waals surface area contributed by atoms with Gasteiger partial charge in [-0.25, -0.2) is 13.2 Å². The second-order valence-corrected chi connectivity index (χ2v) is 3.06. The van der Waals surface area contributed by atoms with E-state index in [1.807, 2.05) is 6.92 Å². The summed E-state index contributed by atoms with van der Waals surface area (Å²) in [6.07, 6.45) is 0.645. The van der Waals surface area contributed by atoms with Crippen molar-refractivity contribution in [2.24, 2.45) is 0 Å². The average molecular weight is 188 g/mol. The molecule has 1 aromatic carbocycles. The molecular formula is C10H11F3. The molecule has 1 rings (SSSR count). The molecule has 72 valence electrons. The molecule has 0 nitrogen and oxygen atoms in total. The minimum absolute atomic E-state index is 0.537. The maximum atomic E-state index is 13.1. The van der Waals surface area contributed by atoms with Crippen molar-refractivity contribution in [3.8, 4) is 0 Å². The van der Waals surface area contributed by atoms with E-state index < -0.39 is 17.3 Å². The third-order valence-corrected chi connectivity index (χ3v) is 1.91. The van der Waals surface area contributed by atoms with Crippen LogP contribution in [0.3, 0.4) is 0 Å². The molecule has 3 heteroatoms. The third-order valence-electron chi connectivity index (χ3n) is 1.91. The Morgan fingerprint density at radius 2 is 1.92 bits per heavy atom. The van der Waals surface area contributed by atoms with Crippen LogP contribution in [0.25, 0.3) is 0 Å². The largest absolute Gasteiger partial charge is 0.273 e. The van der Waals surface area contributed by atoms with E-state index in [9.17, 15) is 13.2 Å². The first-order chi connectivity index (χ1) is 5.95. The van der Waals surface area contributed by atoms with Crippen LogP contribution < -0.4 is 0 Å². The quantitative estimate of drug-likeness (QED) is 0.666. The predicted molar refractivity (Wildman–Crippen MR) is 45.3 cm³/mol. The number of alkyl halides is 2. The zero-order valence-corrected chi connectivity index (χ0v) is 7.57. The van der Waals surface area contributed by atoms with Gasteiger partial charge in [0.1, 0.15) is 5.82 Å². The van der Waals surface area contributed by atoms with Crippen LogP contribution in [0.5, 0.6) is 0 Å². The number of aryl methyl sites for hydroxylation is 1. The lowest BCUT2D eigenvalue weighted by molar-refractivity contribution is 0.0137. The number of hydrogen-bond acceptors (Lipinski definition) is 0. The lowest BCUT2D eigenvalue weighted by atomic mass is 10.1. The molecule has 0 radical (unpaired) electrons. The summed E-state index contributed by atoms with van der Waals surface area (Å²) in [5, 5.41) is 0. The maximum absolute atomic E-state index is 13.1. The van der Waals surface area contributed by atoms with Gasteiger partial charge in [0.15, 0.2) is 0 Å². The smallest absolute Gasteiger partial charge is 0.206 e. The van der Waals surface area contributed by atoms with Crippen LogP contribution in [0.1, 0.15) is 25.0 Å². The molecule has 0 saturated carbocycles. The second kappa shape index (κ2) is 3.40. The molecule has 0 saturated heterocycles. The van der Waals surface area contributed by atoms with E-state index in [-0.39, 0.29) is 0 Å². The second-order valence-electron chi connectivity index (χ2n) is 3.06. The van der Waals surface area contributed by atoms with Crippen LogP contribution in [-0.4, -0.2) is 0 Å². The summed E-state index contributed by atoms with van der Waals surface area (Å²) in [6.45, 7) is 2.54. The molecule has 0 atom stereocenters. The van der Waals surface area contributed by atoms with Crippen LogP contribution >= 0.6 is 0 Å². The van der Waals surface area contributed by atoms with Crippen LogP contribution in [0.4, 0.5) is 13.2 Å². The molecule has 0 aliphatic heterocycles. The molecule has 0 unspecified atom stereocenters. The van der Waals surface area contributed by atoms with Crippen LogP contribution in [0.15, 0.2) is 18.2 Å². The highest BCUT2D eigenvalue weighted by atomic mass is 19.3. The van der Waals surface area contributed by atoms with E-state index in [1.54, 1.807) is 0 Å². The topological polar surface area (TPSA) is 0 Å². The van der Waals surface area contributed by atoms with Crippen molar-refractivity contribution in [1.82, 2.24) is 0 Å². The highest BCUT2D eigenvalue weighted by Crippen LogP contribution is 2.29. The first kappa shape index (κ1) is 10.1. The Balaban J connectivity index is 3.13. The third kappa shape index (κ3) is 2.23. The minimum atomic E-state index is -3.10. The SMILES string of the molecule is CCc1ccc(C(C)(F)F)c(F)c1. The van der Waals surface area contributed by atoms with Gasteiger partial charge in [0, 0.05) is 6.92 Å². The van der Waals surface area contributed by atoms with E-state index >= 15 is 0 Å². The van der Waals surface area contributed by atoms with Crippen molar-refractivity contribution in [3.05, 3.63) is 35.1 Å². The Morgan fingerprint density at radius 3 is 2.31 bits per heavy atom. The Labute approximate surface area is 75.4 Å². The lowest BCUT2D eigenvalue weighted by Crippen LogP contribution is -2.09. The van der Waals surface area contributed by atoms with Crippen molar-refractivity contribution in [2.75, 3.05) is 0 Å². The van der Waals surface area contributed by atoms with Gasteiger partial charge in [0.2, 0.25) is 0 Å². The first-order valence-electron chi connectivity index (χ1n) is 4.12. The Bertz CT molecular complexity index is 300. The maximum Gasteiger partial charge on any atom is 0.273 e. The van der Waals surface area contributed by atoms with Crippen molar-refractivity contribution in [1.29, 1.82) is 0 Å².